The Balaban J connectivity index is 0.00000256. The molecule has 5 heteroatoms. The number of aliphatic hydroxyl groups is 1. The van der Waals surface area contributed by atoms with Gasteiger partial charge in [0.1, 0.15) is 0 Å². The molecule has 0 saturated heterocycles. The highest BCUT2D eigenvalue weighted by Gasteiger charge is 2.14. The lowest BCUT2D eigenvalue weighted by atomic mass is 9.98. The number of rotatable bonds is 4. The molecule has 0 aliphatic heterocycles. The van der Waals surface area contributed by atoms with E-state index in [1.165, 1.54) is 13.1 Å². The highest BCUT2D eigenvalue weighted by Crippen LogP contribution is 2.22. The lowest BCUT2D eigenvalue weighted by Crippen LogP contribution is -2.19. The second kappa shape index (κ2) is 4.95. The number of nitrogens with one attached hydrogen (secondary N) is 1. The van der Waals surface area contributed by atoms with E-state index in [0.717, 1.165) is 5.56 Å². The van der Waals surface area contributed by atoms with Crippen molar-refractivity contribution in [1.29, 1.82) is 0 Å². The molecule has 0 aliphatic rings. The van der Waals surface area contributed by atoms with Crippen molar-refractivity contribution in [3.8, 4) is 0 Å². The summed E-state index contributed by atoms with van der Waals surface area (Å²) in [6, 6.07) is 4.82. The quantitative estimate of drug-likeness (QED) is 0.844. The summed E-state index contributed by atoms with van der Waals surface area (Å²) in [5.41, 5.74) is 1.63. The van der Waals surface area contributed by atoms with Crippen LogP contribution in [0.5, 0.6) is 0 Å². The second-order valence-corrected chi connectivity index (χ2v) is 5.77. The van der Waals surface area contributed by atoms with Crippen LogP contribution in [0.2, 0.25) is 0 Å². The van der Waals surface area contributed by atoms with E-state index in [1.54, 1.807) is 12.1 Å². The van der Waals surface area contributed by atoms with Gasteiger partial charge in [0.05, 0.1) is 11.5 Å². The van der Waals surface area contributed by atoms with Gasteiger partial charge >= 0.3 is 0 Å². The summed E-state index contributed by atoms with van der Waals surface area (Å²) in [5, 5.41) is 9.21. The Hall–Kier alpha value is -0.910. The van der Waals surface area contributed by atoms with Crippen LogP contribution >= 0.6 is 0 Å². The summed E-state index contributed by atoms with van der Waals surface area (Å²) in [5.74, 6) is 0.258. The lowest BCUT2D eigenvalue weighted by molar-refractivity contribution is 0.280. The maximum absolute atomic E-state index is 11.6. The summed E-state index contributed by atoms with van der Waals surface area (Å²) < 4.78 is 25.4. The molecule has 2 N–H and O–H groups in total. The third-order valence-electron chi connectivity index (χ3n) is 2.49. The molecule has 0 amide bonds. The second-order valence-electron chi connectivity index (χ2n) is 3.88. The molecular weight excluding hydrogens is 226 g/mol. The molecule has 0 saturated carbocycles. The summed E-state index contributed by atoms with van der Waals surface area (Å²) >= 11 is 0. The third kappa shape index (κ3) is 2.61. The Kier molecular flexibility index (Phi) is 4.07. The number of hydrogen-bond donors (Lipinski definition) is 2. The molecule has 0 radical (unpaired) electrons. The van der Waals surface area contributed by atoms with Crippen LogP contribution in [0, 0.1) is 0 Å². The molecule has 0 aromatic heterocycles. The minimum Gasteiger partial charge on any atom is -0.392 e. The molecule has 0 fully saturated rings. The van der Waals surface area contributed by atoms with Crippen molar-refractivity contribution in [3.05, 3.63) is 29.3 Å². The number of hydrogen-bond acceptors (Lipinski definition) is 3. The molecule has 16 heavy (non-hydrogen) atoms. The van der Waals surface area contributed by atoms with Crippen LogP contribution in [0.15, 0.2) is 23.1 Å². The Bertz CT molecular complexity index is 472. The summed E-state index contributed by atoms with van der Waals surface area (Å²) in [6.45, 7) is 3.85. The zero-order valence-corrected chi connectivity index (χ0v) is 10.5. The fraction of sp³-hybridized carbons (Fsp3) is 0.455. The molecular formula is C11H19NO3S. The van der Waals surface area contributed by atoms with E-state index in [1.807, 2.05) is 13.8 Å². The third-order valence-corrected chi connectivity index (χ3v) is 3.90. The monoisotopic (exact) mass is 245 g/mol. The van der Waals surface area contributed by atoms with E-state index >= 15 is 0 Å². The molecule has 0 spiro atoms. The molecule has 92 valence electrons. The van der Waals surface area contributed by atoms with Gasteiger partial charge in [-0.05, 0) is 36.2 Å². The first kappa shape index (κ1) is 13.2. The predicted octanol–water partition coefficient (Wildman–Crippen LogP) is 1.46. The molecule has 0 atom stereocenters. The van der Waals surface area contributed by atoms with E-state index in [-0.39, 0.29) is 18.8 Å². The minimum absolute atomic E-state index is 0. The molecule has 0 heterocycles. The van der Waals surface area contributed by atoms with Gasteiger partial charge in [-0.25, -0.2) is 13.1 Å². The summed E-state index contributed by atoms with van der Waals surface area (Å²) in [4.78, 5) is 0.184. The van der Waals surface area contributed by atoms with Crippen molar-refractivity contribution in [2.75, 3.05) is 7.05 Å². The first-order valence-electron chi connectivity index (χ1n) is 5.09. The Morgan fingerprint density at radius 1 is 1.44 bits per heavy atom. The van der Waals surface area contributed by atoms with Crippen LogP contribution in [-0.4, -0.2) is 20.6 Å². The molecule has 1 rings (SSSR count). The molecule has 1 aromatic rings. The maximum Gasteiger partial charge on any atom is 0.240 e. The van der Waals surface area contributed by atoms with Crippen LogP contribution in [0.4, 0.5) is 0 Å². The van der Waals surface area contributed by atoms with Crippen LogP contribution in [-0.2, 0) is 16.6 Å². The molecule has 1 aromatic carbocycles. The Labute approximate surface area is 97.8 Å². The lowest BCUT2D eigenvalue weighted by Gasteiger charge is -2.12. The number of sulfonamides is 1. The topological polar surface area (TPSA) is 66.4 Å². The van der Waals surface area contributed by atoms with Gasteiger partial charge in [-0.3, -0.25) is 0 Å². The van der Waals surface area contributed by atoms with Crippen LogP contribution in [0.1, 0.15) is 32.3 Å². The van der Waals surface area contributed by atoms with Gasteiger partial charge in [-0.1, -0.05) is 19.9 Å². The number of aliphatic hydroxyl groups excluding tert-OH is 1. The van der Waals surface area contributed by atoms with Crippen LogP contribution in [0.25, 0.3) is 0 Å². The van der Waals surface area contributed by atoms with Crippen molar-refractivity contribution in [2.45, 2.75) is 31.3 Å². The Morgan fingerprint density at radius 3 is 2.50 bits per heavy atom. The predicted molar refractivity (Wildman–Crippen MR) is 64.8 cm³/mol. The smallest absolute Gasteiger partial charge is 0.240 e. The van der Waals surface area contributed by atoms with Gasteiger partial charge in [0.25, 0.3) is 0 Å². The standard InChI is InChI=1S/C11H17NO3S.H2/c1-8(2)11-5-4-10(6-9(11)7-13)16(14,15)12-3;/h4-6,8,12-13H,7H2,1-3H3;1H. The van der Waals surface area contributed by atoms with E-state index in [9.17, 15) is 13.5 Å². The SMILES string of the molecule is CNS(=O)(=O)c1ccc(C(C)C)c(CO)c1.[HH]. The van der Waals surface area contributed by atoms with Gasteiger partial charge in [-0.2, -0.15) is 0 Å². The van der Waals surface area contributed by atoms with Crippen LogP contribution < -0.4 is 4.72 Å². The molecule has 4 nitrogen and oxygen atoms in total. The number of benzene rings is 1. The van der Waals surface area contributed by atoms with Crippen molar-refractivity contribution < 1.29 is 15.0 Å². The average molecular weight is 245 g/mol. The maximum atomic E-state index is 11.6. The van der Waals surface area contributed by atoms with Gasteiger partial charge < -0.3 is 5.11 Å². The summed E-state index contributed by atoms with van der Waals surface area (Å²) in [7, 11) is -2.07. The van der Waals surface area contributed by atoms with Crippen LogP contribution in [0.3, 0.4) is 0 Å². The van der Waals surface area contributed by atoms with Crippen molar-refractivity contribution in [2.24, 2.45) is 0 Å². The van der Waals surface area contributed by atoms with E-state index in [2.05, 4.69) is 4.72 Å². The van der Waals surface area contributed by atoms with E-state index in [0.29, 0.717) is 5.56 Å². The van der Waals surface area contributed by atoms with E-state index < -0.39 is 10.0 Å². The first-order chi connectivity index (χ1) is 7.42. The highest BCUT2D eigenvalue weighted by atomic mass is 32.2. The fourth-order valence-corrected chi connectivity index (χ4v) is 2.35. The van der Waals surface area contributed by atoms with Gasteiger partial charge in [0, 0.05) is 1.43 Å². The normalized spacial score (nSPS) is 12.1. The highest BCUT2D eigenvalue weighted by molar-refractivity contribution is 7.89. The van der Waals surface area contributed by atoms with Crippen molar-refractivity contribution >= 4 is 10.0 Å². The average Bonchev–Trinajstić information content (AvgIpc) is 2.27. The zero-order valence-electron chi connectivity index (χ0n) is 9.69. The summed E-state index contributed by atoms with van der Waals surface area (Å²) in [6.07, 6.45) is 0. The minimum atomic E-state index is -3.43. The van der Waals surface area contributed by atoms with Gasteiger partial charge in [0.2, 0.25) is 10.0 Å². The molecule has 0 bridgehead atoms. The first-order valence-corrected chi connectivity index (χ1v) is 6.58. The fourth-order valence-electron chi connectivity index (χ4n) is 1.57. The van der Waals surface area contributed by atoms with E-state index in [4.69, 9.17) is 0 Å². The Morgan fingerprint density at radius 2 is 2.06 bits per heavy atom. The zero-order chi connectivity index (χ0) is 12.3. The van der Waals surface area contributed by atoms with Crippen molar-refractivity contribution in [3.63, 3.8) is 0 Å². The van der Waals surface area contributed by atoms with Gasteiger partial charge in [-0.15, -0.1) is 0 Å². The van der Waals surface area contributed by atoms with Crippen molar-refractivity contribution in [1.82, 2.24) is 4.72 Å². The molecule has 0 aliphatic carbocycles. The molecule has 0 unspecified atom stereocenters. The van der Waals surface area contributed by atoms with Gasteiger partial charge in [0.15, 0.2) is 0 Å². The largest absolute Gasteiger partial charge is 0.392 e.